The van der Waals surface area contributed by atoms with Crippen LogP contribution in [0.15, 0.2) is 42.7 Å². The van der Waals surface area contributed by atoms with Gasteiger partial charge in [0, 0.05) is 37.0 Å². The summed E-state index contributed by atoms with van der Waals surface area (Å²) < 4.78 is 28.7. The van der Waals surface area contributed by atoms with Crippen LogP contribution >= 0.6 is 0 Å². The van der Waals surface area contributed by atoms with Gasteiger partial charge in [-0.15, -0.1) is 0 Å². The third-order valence-corrected chi connectivity index (χ3v) is 5.80. The van der Waals surface area contributed by atoms with Crippen LogP contribution in [0, 0.1) is 35.8 Å². The zero-order valence-electron chi connectivity index (χ0n) is 17.4. The Morgan fingerprint density at radius 1 is 1.16 bits per heavy atom. The number of H-pyrrole nitrogens is 1. The molecule has 8 heteroatoms. The molecule has 0 spiro atoms. The van der Waals surface area contributed by atoms with E-state index in [-0.39, 0.29) is 16.9 Å². The van der Waals surface area contributed by atoms with Crippen LogP contribution in [0.2, 0.25) is 0 Å². The van der Waals surface area contributed by atoms with Crippen molar-refractivity contribution >= 4 is 16.7 Å². The first-order valence-corrected chi connectivity index (χ1v) is 10.3. The topological polar surface area (TPSA) is 94.6 Å². The van der Waals surface area contributed by atoms with Gasteiger partial charge in [-0.25, -0.2) is 13.8 Å². The quantitative estimate of drug-likeness (QED) is 0.507. The maximum Gasteiger partial charge on any atom is 0.152 e. The molecule has 32 heavy (non-hydrogen) atoms. The number of hydrogen-bond donors (Lipinski definition) is 2. The first-order valence-electron chi connectivity index (χ1n) is 10.3. The van der Waals surface area contributed by atoms with E-state index in [0.29, 0.717) is 34.9 Å². The third kappa shape index (κ3) is 3.37. The molecule has 1 aliphatic rings. The zero-order valence-corrected chi connectivity index (χ0v) is 17.4. The molecule has 3 N–H and O–H groups in total. The van der Waals surface area contributed by atoms with E-state index in [2.05, 4.69) is 19.9 Å². The Hall–Kier alpha value is -3.83. The number of nitriles is 1. The summed E-state index contributed by atoms with van der Waals surface area (Å²) in [5, 5.41) is 9.15. The van der Waals surface area contributed by atoms with Gasteiger partial charge in [-0.3, -0.25) is 4.98 Å². The van der Waals surface area contributed by atoms with Crippen molar-refractivity contribution in [1.82, 2.24) is 15.0 Å². The van der Waals surface area contributed by atoms with Crippen LogP contribution in [0.25, 0.3) is 33.5 Å². The van der Waals surface area contributed by atoms with Crippen molar-refractivity contribution in [2.45, 2.75) is 6.92 Å². The van der Waals surface area contributed by atoms with Crippen molar-refractivity contribution in [3.05, 3.63) is 65.5 Å². The van der Waals surface area contributed by atoms with Crippen LogP contribution in [-0.2, 0) is 0 Å². The summed E-state index contributed by atoms with van der Waals surface area (Å²) in [5.74, 6) is -0.0955. The lowest BCUT2D eigenvalue weighted by molar-refractivity contribution is 0.421. The third-order valence-electron chi connectivity index (χ3n) is 5.80. The summed E-state index contributed by atoms with van der Waals surface area (Å²) in [5.41, 5.74) is 10.4. The van der Waals surface area contributed by atoms with Gasteiger partial charge in [-0.1, -0.05) is 6.07 Å². The molecule has 0 amide bonds. The Labute approximate surface area is 183 Å². The van der Waals surface area contributed by atoms with E-state index >= 15 is 0 Å². The summed E-state index contributed by atoms with van der Waals surface area (Å²) in [6.07, 6.45) is 3.38. The van der Waals surface area contributed by atoms with Crippen molar-refractivity contribution in [2.75, 3.05) is 24.5 Å². The molecule has 0 atom stereocenters. The number of rotatable bonds is 4. The van der Waals surface area contributed by atoms with E-state index in [0.717, 1.165) is 29.9 Å². The summed E-state index contributed by atoms with van der Waals surface area (Å²) >= 11 is 0. The van der Waals surface area contributed by atoms with Crippen molar-refractivity contribution in [2.24, 2.45) is 11.7 Å². The highest BCUT2D eigenvalue weighted by Gasteiger charge is 2.31. The lowest BCUT2D eigenvalue weighted by Crippen LogP contribution is -2.50. The van der Waals surface area contributed by atoms with Crippen LogP contribution in [0.5, 0.6) is 0 Å². The summed E-state index contributed by atoms with van der Waals surface area (Å²) in [6, 6.07) is 9.55. The molecule has 160 valence electrons. The maximum absolute atomic E-state index is 14.5. The molecule has 1 fully saturated rings. The van der Waals surface area contributed by atoms with Crippen molar-refractivity contribution in [1.29, 1.82) is 5.26 Å². The minimum Gasteiger partial charge on any atom is -0.370 e. The number of halogens is 2. The smallest absolute Gasteiger partial charge is 0.152 e. The van der Waals surface area contributed by atoms with Crippen molar-refractivity contribution in [3.8, 4) is 28.6 Å². The second kappa shape index (κ2) is 7.70. The second-order valence-electron chi connectivity index (χ2n) is 8.16. The molecule has 0 aliphatic carbocycles. The van der Waals surface area contributed by atoms with Gasteiger partial charge >= 0.3 is 0 Å². The molecule has 0 saturated carbocycles. The monoisotopic (exact) mass is 430 g/mol. The fourth-order valence-electron chi connectivity index (χ4n) is 4.24. The molecule has 0 unspecified atom stereocenters. The number of anilines is 1. The summed E-state index contributed by atoms with van der Waals surface area (Å²) in [6.45, 7) is 3.93. The Kier molecular flexibility index (Phi) is 4.83. The van der Waals surface area contributed by atoms with Crippen molar-refractivity contribution in [3.63, 3.8) is 0 Å². The molecule has 0 radical (unpaired) electrons. The SMILES string of the molecule is Cc1cc(F)cc(-c2cncc(-c3nc4c(F)cc(C#N)cc4[nH]3)c2N2CC(CN)C2)c1. The molecule has 2 aromatic carbocycles. The first kappa shape index (κ1) is 20.1. The number of nitrogens with two attached hydrogens (primary N) is 1. The lowest BCUT2D eigenvalue weighted by atomic mass is 9.94. The summed E-state index contributed by atoms with van der Waals surface area (Å²) in [7, 11) is 0. The van der Waals surface area contributed by atoms with Crippen molar-refractivity contribution < 1.29 is 8.78 Å². The molecule has 2 aromatic heterocycles. The van der Waals surface area contributed by atoms with Crippen LogP contribution in [0.1, 0.15) is 11.1 Å². The fourth-order valence-corrected chi connectivity index (χ4v) is 4.24. The van der Waals surface area contributed by atoms with E-state index in [4.69, 9.17) is 11.0 Å². The highest BCUT2D eigenvalue weighted by Crippen LogP contribution is 2.41. The largest absolute Gasteiger partial charge is 0.370 e. The number of nitrogens with zero attached hydrogens (tertiary/aromatic N) is 4. The molecule has 5 rings (SSSR count). The van der Waals surface area contributed by atoms with E-state index in [1.807, 2.05) is 19.1 Å². The van der Waals surface area contributed by atoms with Gasteiger partial charge in [0.1, 0.15) is 17.2 Å². The lowest BCUT2D eigenvalue weighted by Gasteiger charge is -2.42. The fraction of sp³-hybridized carbons (Fsp3) is 0.208. The Bertz CT molecular complexity index is 1360. The second-order valence-corrected chi connectivity index (χ2v) is 8.16. The number of aryl methyl sites for hydroxylation is 1. The normalized spacial score (nSPS) is 13.9. The average molecular weight is 430 g/mol. The number of hydrogen-bond acceptors (Lipinski definition) is 5. The van der Waals surface area contributed by atoms with Gasteiger partial charge in [0.25, 0.3) is 0 Å². The Morgan fingerprint density at radius 2 is 1.94 bits per heavy atom. The highest BCUT2D eigenvalue weighted by atomic mass is 19.1. The average Bonchev–Trinajstić information content (AvgIpc) is 3.17. The predicted molar refractivity (Wildman–Crippen MR) is 119 cm³/mol. The predicted octanol–water partition coefficient (Wildman–Crippen LogP) is 4.15. The molecule has 1 aliphatic heterocycles. The number of aromatic amines is 1. The maximum atomic E-state index is 14.5. The molecular formula is C24H20F2N6. The molecule has 1 saturated heterocycles. The molecule has 3 heterocycles. The van der Waals surface area contributed by atoms with Gasteiger partial charge < -0.3 is 15.6 Å². The van der Waals surface area contributed by atoms with Crippen LogP contribution in [-0.4, -0.2) is 34.6 Å². The number of pyridine rings is 1. The zero-order chi connectivity index (χ0) is 22.4. The number of nitrogens with one attached hydrogen (secondary N) is 1. The van der Waals surface area contributed by atoms with Gasteiger partial charge in [0.05, 0.1) is 28.4 Å². The summed E-state index contributed by atoms with van der Waals surface area (Å²) in [4.78, 5) is 14.1. The molecule has 6 nitrogen and oxygen atoms in total. The van der Waals surface area contributed by atoms with Crippen LogP contribution in [0.3, 0.4) is 0 Å². The molecular weight excluding hydrogens is 410 g/mol. The van der Waals surface area contributed by atoms with E-state index in [1.54, 1.807) is 18.5 Å². The van der Waals surface area contributed by atoms with E-state index < -0.39 is 5.82 Å². The van der Waals surface area contributed by atoms with Gasteiger partial charge in [0.15, 0.2) is 5.82 Å². The number of imidazole rings is 1. The minimum absolute atomic E-state index is 0.153. The Balaban J connectivity index is 1.71. The number of fused-ring (bicyclic) bond motifs is 1. The van der Waals surface area contributed by atoms with Gasteiger partial charge in [-0.2, -0.15) is 5.26 Å². The minimum atomic E-state index is -0.569. The Morgan fingerprint density at radius 3 is 2.66 bits per heavy atom. The molecule has 0 bridgehead atoms. The van der Waals surface area contributed by atoms with Gasteiger partial charge in [-0.05, 0) is 48.9 Å². The highest BCUT2D eigenvalue weighted by molar-refractivity contribution is 5.91. The first-order chi connectivity index (χ1) is 15.5. The number of benzene rings is 2. The van der Waals surface area contributed by atoms with Gasteiger partial charge in [0.2, 0.25) is 0 Å². The van der Waals surface area contributed by atoms with Crippen LogP contribution < -0.4 is 10.6 Å². The number of aromatic nitrogens is 3. The van der Waals surface area contributed by atoms with Crippen LogP contribution in [0.4, 0.5) is 14.5 Å². The molecule has 4 aromatic rings. The van der Waals surface area contributed by atoms with E-state index in [9.17, 15) is 8.78 Å². The standard InChI is InChI=1S/C24H20F2N6/c1-13-2-16(6-17(25)3-13)18-9-29-10-19(23(18)32-11-15(8-28)12-32)24-30-21-5-14(7-27)4-20(26)22(21)31-24/h2-6,9-10,15H,8,11-12,28H2,1H3,(H,30,31). The van der Waals surface area contributed by atoms with E-state index in [1.165, 1.54) is 18.2 Å².